The topological polar surface area (TPSA) is 123 Å². The number of amides is 2. The number of carboxylic acids is 1. The van der Waals surface area contributed by atoms with E-state index in [0.717, 1.165) is 0 Å². The van der Waals surface area contributed by atoms with Gasteiger partial charge in [0, 0.05) is 13.1 Å². The highest BCUT2D eigenvalue weighted by molar-refractivity contribution is 5.87. The number of nitrogens with zero attached hydrogens (tertiary/aromatic N) is 2. The Morgan fingerprint density at radius 2 is 1.26 bits per heavy atom. The van der Waals surface area contributed by atoms with E-state index in [1.54, 1.807) is 65.8 Å². The largest absolute Gasteiger partial charge is 0.481 e. The van der Waals surface area contributed by atoms with Crippen molar-refractivity contribution < 1.29 is 38.5 Å². The summed E-state index contributed by atoms with van der Waals surface area (Å²) in [4.78, 5) is 55.0. The van der Waals surface area contributed by atoms with Crippen LogP contribution in [0.2, 0.25) is 0 Å². The highest BCUT2D eigenvalue weighted by Gasteiger charge is 2.64. The predicted molar refractivity (Wildman–Crippen MR) is 145 cm³/mol. The molecule has 4 atom stereocenters. The second-order valence-corrected chi connectivity index (χ2v) is 11.3. The minimum atomic E-state index is -1.39. The fourth-order valence-electron chi connectivity index (χ4n) is 4.43. The molecule has 0 heterocycles. The van der Waals surface area contributed by atoms with E-state index >= 15 is 0 Å². The lowest BCUT2D eigenvalue weighted by molar-refractivity contribution is -0.182. The molecular weight excluding hydrogens is 504 g/mol. The first kappa shape index (κ1) is 31.4. The summed E-state index contributed by atoms with van der Waals surface area (Å²) in [5.41, 5.74) is -1.05. The number of benzene rings is 1. The number of ether oxygens (including phenoxy) is 3. The Balaban J connectivity index is 2.56. The monoisotopic (exact) mass is 544 g/mol. The van der Waals surface area contributed by atoms with E-state index in [9.17, 15) is 24.3 Å². The first-order valence-corrected chi connectivity index (χ1v) is 12.8. The Hall–Kier alpha value is -3.82. The van der Waals surface area contributed by atoms with Gasteiger partial charge in [0.1, 0.15) is 17.8 Å². The van der Waals surface area contributed by atoms with Crippen LogP contribution in [0.4, 0.5) is 9.59 Å². The highest BCUT2D eigenvalue weighted by Crippen LogP contribution is 2.44. The Morgan fingerprint density at radius 1 is 0.821 bits per heavy atom. The first-order valence-electron chi connectivity index (χ1n) is 12.8. The molecule has 1 N–H and O–H groups in total. The van der Waals surface area contributed by atoms with E-state index in [1.807, 2.05) is 6.07 Å². The van der Waals surface area contributed by atoms with Gasteiger partial charge in [-0.3, -0.25) is 19.4 Å². The minimum absolute atomic E-state index is 0.0683. The smallest absolute Gasteiger partial charge is 0.410 e. The van der Waals surface area contributed by atoms with Crippen molar-refractivity contribution in [1.29, 1.82) is 0 Å². The van der Waals surface area contributed by atoms with E-state index in [0.29, 0.717) is 5.56 Å². The van der Waals surface area contributed by atoms with Crippen LogP contribution in [0.25, 0.3) is 0 Å². The number of esters is 1. The molecule has 1 fully saturated rings. The molecule has 0 aliphatic heterocycles. The Labute approximate surface area is 230 Å². The molecule has 214 valence electrons. The van der Waals surface area contributed by atoms with Crippen LogP contribution in [0.3, 0.4) is 0 Å². The van der Waals surface area contributed by atoms with Crippen molar-refractivity contribution in [3.8, 4) is 0 Å². The molecule has 0 radical (unpaired) electrons. The Morgan fingerprint density at radius 3 is 1.64 bits per heavy atom. The molecule has 0 bridgehead atoms. The second-order valence-electron chi connectivity index (χ2n) is 11.3. The summed E-state index contributed by atoms with van der Waals surface area (Å²) in [5, 5.41) is 10.2. The van der Waals surface area contributed by atoms with E-state index in [-0.39, 0.29) is 19.7 Å². The first-order chi connectivity index (χ1) is 18.1. The quantitative estimate of drug-likeness (QED) is 0.257. The molecule has 2 rings (SSSR count). The average Bonchev–Trinajstić information content (AvgIpc) is 2.79. The Kier molecular flexibility index (Phi) is 10.3. The fourth-order valence-corrected chi connectivity index (χ4v) is 4.43. The van der Waals surface area contributed by atoms with Gasteiger partial charge in [-0.15, -0.1) is 13.2 Å². The number of hydrogen-bond donors (Lipinski definition) is 1. The summed E-state index contributed by atoms with van der Waals surface area (Å²) in [6.45, 7) is 17.3. The Bertz CT molecular complexity index is 1060. The standard InChI is InChI=1S/C29H40N2O8/c1-9-16-30(26(35)38-28(3,4)5)22-20(24(32)33)21(25(34)37-18-19-14-12-11-13-15-19)23(22)31(17-10-2)27(36)39-29(6,7)8/h9-15,20-23H,1-2,16-18H2,3-8H3,(H,32,33). The normalized spacial score (nSPS) is 20.6. The van der Waals surface area contributed by atoms with Gasteiger partial charge in [0.25, 0.3) is 0 Å². The highest BCUT2D eigenvalue weighted by atomic mass is 16.6. The molecule has 1 saturated carbocycles. The predicted octanol–water partition coefficient (Wildman–Crippen LogP) is 4.64. The van der Waals surface area contributed by atoms with Crippen molar-refractivity contribution in [2.24, 2.45) is 11.8 Å². The number of rotatable bonds is 10. The van der Waals surface area contributed by atoms with E-state index in [2.05, 4.69) is 13.2 Å². The zero-order chi connectivity index (χ0) is 29.5. The summed E-state index contributed by atoms with van der Waals surface area (Å²) in [6.07, 6.45) is 1.27. The van der Waals surface area contributed by atoms with Gasteiger partial charge in [-0.05, 0) is 47.1 Å². The molecule has 0 aromatic heterocycles. The zero-order valence-electron chi connectivity index (χ0n) is 23.6. The number of hydrogen-bond acceptors (Lipinski definition) is 7. The number of carboxylic acid groups (broad SMARTS) is 1. The van der Waals surface area contributed by atoms with Crippen molar-refractivity contribution in [1.82, 2.24) is 9.80 Å². The minimum Gasteiger partial charge on any atom is -0.481 e. The van der Waals surface area contributed by atoms with Crippen LogP contribution < -0.4 is 0 Å². The van der Waals surface area contributed by atoms with Gasteiger partial charge < -0.3 is 19.3 Å². The summed E-state index contributed by atoms with van der Waals surface area (Å²) in [7, 11) is 0. The lowest BCUT2D eigenvalue weighted by Gasteiger charge is -2.55. The van der Waals surface area contributed by atoms with Gasteiger partial charge >= 0.3 is 24.1 Å². The van der Waals surface area contributed by atoms with Crippen LogP contribution in [0.15, 0.2) is 55.6 Å². The molecule has 39 heavy (non-hydrogen) atoms. The van der Waals surface area contributed by atoms with Gasteiger partial charge in [-0.1, -0.05) is 42.5 Å². The van der Waals surface area contributed by atoms with Gasteiger partial charge in [0.05, 0.1) is 23.9 Å². The third kappa shape index (κ3) is 8.33. The molecule has 1 aromatic carbocycles. The van der Waals surface area contributed by atoms with E-state index < -0.39 is 59.2 Å². The van der Waals surface area contributed by atoms with Crippen LogP contribution >= 0.6 is 0 Å². The van der Waals surface area contributed by atoms with Crippen molar-refractivity contribution >= 4 is 24.1 Å². The molecule has 10 heteroatoms. The summed E-state index contributed by atoms with van der Waals surface area (Å²) in [6, 6.07) is 6.68. The van der Waals surface area contributed by atoms with Gasteiger partial charge in [-0.2, -0.15) is 0 Å². The van der Waals surface area contributed by atoms with Crippen molar-refractivity contribution in [3.63, 3.8) is 0 Å². The van der Waals surface area contributed by atoms with E-state index in [4.69, 9.17) is 14.2 Å². The maximum atomic E-state index is 13.4. The average molecular weight is 545 g/mol. The molecule has 0 spiro atoms. The SMILES string of the molecule is C=CCN(C(=O)OC(C)(C)C)C1C(C(=O)O)C(C(=O)OCc2ccccc2)C1N(CC=C)C(=O)OC(C)(C)C. The van der Waals surface area contributed by atoms with Crippen LogP contribution in [-0.4, -0.2) is 75.4 Å². The van der Waals surface area contributed by atoms with Crippen molar-refractivity contribution in [2.75, 3.05) is 13.1 Å². The summed E-state index contributed by atoms with van der Waals surface area (Å²) >= 11 is 0. The number of carbonyl (C=O) groups excluding carboxylic acids is 3. The van der Waals surface area contributed by atoms with Crippen LogP contribution in [0.5, 0.6) is 0 Å². The number of aliphatic carboxylic acids is 1. The lowest BCUT2D eigenvalue weighted by atomic mass is 9.63. The van der Waals surface area contributed by atoms with Gasteiger partial charge in [0.15, 0.2) is 0 Å². The van der Waals surface area contributed by atoms with Crippen LogP contribution in [-0.2, 0) is 30.4 Å². The van der Waals surface area contributed by atoms with Crippen LogP contribution in [0, 0.1) is 11.8 Å². The molecule has 0 saturated heterocycles. The second kappa shape index (κ2) is 12.8. The molecule has 4 unspecified atom stereocenters. The lowest BCUT2D eigenvalue weighted by Crippen LogP contribution is -2.74. The summed E-state index contributed by atoms with van der Waals surface area (Å²) in [5.74, 6) is -4.81. The summed E-state index contributed by atoms with van der Waals surface area (Å²) < 4.78 is 16.6. The third-order valence-corrected chi connectivity index (χ3v) is 5.88. The molecule has 2 amide bonds. The zero-order valence-corrected chi connectivity index (χ0v) is 23.6. The van der Waals surface area contributed by atoms with Gasteiger partial charge in [0.2, 0.25) is 0 Å². The van der Waals surface area contributed by atoms with Crippen molar-refractivity contribution in [2.45, 2.75) is 71.4 Å². The maximum absolute atomic E-state index is 13.4. The molecular formula is C29H40N2O8. The number of carbonyl (C=O) groups is 4. The van der Waals surface area contributed by atoms with Crippen molar-refractivity contribution in [3.05, 3.63) is 61.2 Å². The molecule has 1 aliphatic rings. The molecule has 1 aliphatic carbocycles. The maximum Gasteiger partial charge on any atom is 0.410 e. The molecule has 1 aromatic rings. The third-order valence-electron chi connectivity index (χ3n) is 5.88. The van der Waals surface area contributed by atoms with E-state index in [1.165, 1.54) is 22.0 Å². The fraction of sp³-hybridized carbons (Fsp3) is 0.517. The molecule has 10 nitrogen and oxygen atoms in total. The van der Waals surface area contributed by atoms with Gasteiger partial charge in [-0.25, -0.2) is 9.59 Å². The van der Waals surface area contributed by atoms with Crippen LogP contribution in [0.1, 0.15) is 47.1 Å².